The number of para-hydroxylation sites is 2. The van der Waals surface area contributed by atoms with Crippen molar-refractivity contribution in [3.8, 4) is 0 Å². The molecule has 0 aliphatic heterocycles. The average Bonchev–Trinajstić information content (AvgIpc) is 2.96. The highest BCUT2D eigenvalue weighted by molar-refractivity contribution is 5.78. The minimum absolute atomic E-state index is 0.135. The second-order valence-electron chi connectivity index (χ2n) is 6.80. The molecular formula is C20H23FN4. The highest BCUT2D eigenvalue weighted by Gasteiger charge is 2.24. The summed E-state index contributed by atoms with van der Waals surface area (Å²) in [6.45, 7) is 0.442. The number of halogens is 1. The zero-order valence-electron chi connectivity index (χ0n) is 14.2. The second-order valence-corrected chi connectivity index (χ2v) is 6.80. The summed E-state index contributed by atoms with van der Waals surface area (Å²) in [6.07, 6.45) is 4.44. The third kappa shape index (κ3) is 3.24. The maximum Gasteiger partial charge on any atom is 0.204 e. The Morgan fingerprint density at radius 2 is 1.84 bits per heavy atom. The van der Waals surface area contributed by atoms with E-state index in [1.54, 1.807) is 6.07 Å². The molecule has 130 valence electrons. The SMILES string of the molecule is N[C@@H]1CCCC[C@@H]1Nc1nc2ccccc2n1Cc1ccccc1F. The number of imidazole rings is 1. The number of nitrogens with zero attached hydrogens (tertiary/aromatic N) is 2. The fourth-order valence-corrected chi connectivity index (χ4v) is 3.65. The lowest BCUT2D eigenvalue weighted by Crippen LogP contribution is -2.43. The Balaban J connectivity index is 1.72. The van der Waals surface area contributed by atoms with Crippen molar-refractivity contribution in [2.45, 2.75) is 44.3 Å². The van der Waals surface area contributed by atoms with E-state index in [9.17, 15) is 4.39 Å². The average molecular weight is 338 g/mol. The Hall–Kier alpha value is -2.40. The summed E-state index contributed by atoms with van der Waals surface area (Å²) >= 11 is 0. The van der Waals surface area contributed by atoms with Gasteiger partial charge >= 0.3 is 0 Å². The molecule has 5 heteroatoms. The van der Waals surface area contributed by atoms with E-state index in [0.29, 0.717) is 12.1 Å². The van der Waals surface area contributed by atoms with E-state index in [-0.39, 0.29) is 17.9 Å². The largest absolute Gasteiger partial charge is 0.351 e. The second kappa shape index (κ2) is 6.84. The lowest BCUT2D eigenvalue weighted by molar-refractivity contribution is 0.401. The van der Waals surface area contributed by atoms with Crippen LogP contribution in [0.3, 0.4) is 0 Å². The monoisotopic (exact) mass is 338 g/mol. The van der Waals surface area contributed by atoms with Crippen molar-refractivity contribution in [1.82, 2.24) is 9.55 Å². The molecule has 2 aromatic carbocycles. The summed E-state index contributed by atoms with van der Waals surface area (Å²) in [5.41, 5.74) is 8.85. The fraction of sp³-hybridized carbons (Fsp3) is 0.350. The van der Waals surface area contributed by atoms with Crippen LogP contribution in [0.2, 0.25) is 0 Å². The number of rotatable bonds is 4. The van der Waals surface area contributed by atoms with Crippen LogP contribution in [-0.4, -0.2) is 21.6 Å². The van der Waals surface area contributed by atoms with E-state index in [1.165, 1.54) is 18.9 Å². The Morgan fingerprint density at radius 3 is 2.68 bits per heavy atom. The van der Waals surface area contributed by atoms with Crippen molar-refractivity contribution in [3.05, 3.63) is 59.9 Å². The molecule has 3 N–H and O–H groups in total. The molecule has 0 saturated heterocycles. The van der Waals surface area contributed by atoms with Gasteiger partial charge in [0.05, 0.1) is 17.6 Å². The molecule has 1 aliphatic rings. The van der Waals surface area contributed by atoms with Crippen LogP contribution in [-0.2, 0) is 6.54 Å². The smallest absolute Gasteiger partial charge is 0.204 e. The van der Waals surface area contributed by atoms with Gasteiger partial charge in [-0.2, -0.15) is 0 Å². The zero-order valence-corrected chi connectivity index (χ0v) is 14.2. The van der Waals surface area contributed by atoms with Crippen LogP contribution >= 0.6 is 0 Å². The number of fused-ring (bicyclic) bond motifs is 1. The topological polar surface area (TPSA) is 55.9 Å². The molecule has 3 aromatic rings. The first-order valence-electron chi connectivity index (χ1n) is 8.93. The van der Waals surface area contributed by atoms with Gasteiger partial charge in [-0.3, -0.25) is 0 Å². The van der Waals surface area contributed by atoms with Crippen LogP contribution in [0.4, 0.5) is 10.3 Å². The molecule has 0 amide bonds. The molecule has 1 saturated carbocycles. The van der Waals surface area contributed by atoms with Gasteiger partial charge in [0.15, 0.2) is 0 Å². The van der Waals surface area contributed by atoms with E-state index >= 15 is 0 Å². The lowest BCUT2D eigenvalue weighted by Gasteiger charge is -2.29. The van der Waals surface area contributed by atoms with Gasteiger partial charge in [0.2, 0.25) is 5.95 Å². The summed E-state index contributed by atoms with van der Waals surface area (Å²) < 4.78 is 16.2. The third-order valence-electron chi connectivity index (χ3n) is 5.07. The van der Waals surface area contributed by atoms with Crippen molar-refractivity contribution in [1.29, 1.82) is 0 Å². The molecule has 1 heterocycles. The molecule has 0 unspecified atom stereocenters. The summed E-state index contributed by atoms with van der Waals surface area (Å²) in [4.78, 5) is 4.74. The highest BCUT2D eigenvalue weighted by Crippen LogP contribution is 2.25. The first kappa shape index (κ1) is 16.1. The quantitative estimate of drug-likeness (QED) is 0.758. The Kier molecular flexibility index (Phi) is 4.40. The molecular weight excluding hydrogens is 315 g/mol. The molecule has 0 bridgehead atoms. The van der Waals surface area contributed by atoms with E-state index in [4.69, 9.17) is 10.7 Å². The molecule has 4 rings (SSSR count). The number of hydrogen-bond acceptors (Lipinski definition) is 3. The van der Waals surface area contributed by atoms with Crippen molar-refractivity contribution >= 4 is 17.0 Å². The number of aromatic nitrogens is 2. The van der Waals surface area contributed by atoms with Gasteiger partial charge in [0, 0.05) is 17.6 Å². The molecule has 1 aliphatic carbocycles. The highest BCUT2D eigenvalue weighted by atomic mass is 19.1. The van der Waals surface area contributed by atoms with Crippen molar-refractivity contribution in [3.63, 3.8) is 0 Å². The van der Waals surface area contributed by atoms with Crippen LogP contribution in [0.25, 0.3) is 11.0 Å². The maximum atomic E-state index is 14.2. The minimum Gasteiger partial charge on any atom is -0.351 e. The molecule has 0 spiro atoms. The maximum absolute atomic E-state index is 14.2. The van der Waals surface area contributed by atoms with Gasteiger partial charge < -0.3 is 15.6 Å². The van der Waals surface area contributed by atoms with Crippen LogP contribution in [0.1, 0.15) is 31.2 Å². The van der Waals surface area contributed by atoms with Crippen molar-refractivity contribution in [2.24, 2.45) is 5.73 Å². The van der Waals surface area contributed by atoms with E-state index in [2.05, 4.69) is 9.88 Å². The van der Waals surface area contributed by atoms with E-state index in [0.717, 1.165) is 29.8 Å². The first-order chi connectivity index (χ1) is 12.2. The minimum atomic E-state index is -0.194. The van der Waals surface area contributed by atoms with Crippen LogP contribution in [0, 0.1) is 5.82 Å². The van der Waals surface area contributed by atoms with Gasteiger partial charge in [0.1, 0.15) is 5.82 Å². The van der Waals surface area contributed by atoms with Crippen LogP contribution in [0.15, 0.2) is 48.5 Å². The van der Waals surface area contributed by atoms with Gasteiger partial charge in [0.25, 0.3) is 0 Å². The van der Waals surface area contributed by atoms with E-state index < -0.39 is 0 Å². The normalized spacial score (nSPS) is 20.7. The Morgan fingerprint density at radius 1 is 1.08 bits per heavy atom. The molecule has 25 heavy (non-hydrogen) atoms. The lowest BCUT2D eigenvalue weighted by atomic mass is 9.91. The number of nitrogens with two attached hydrogens (primary N) is 1. The third-order valence-corrected chi connectivity index (χ3v) is 5.07. The summed E-state index contributed by atoms with van der Waals surface area (Å²) in [5, 5.41) is 3.53. The standard InChI is InChI=1S/C20H23FN4/c21-15-8-2-1-7-14(15)13-25-19-12-6-5-11-18(19)24-20(25)23-17-10-4-3-9-16(17)22/h1-2,5-8,11-12,16-17H,3-4,9-10,13,22H2,(H,23,24)/t16-,17+/m1/s1. The Labute approximate surface area is 146 Å². The predicted molar refractivity (Wildman–Crippen MR) is 99.1 cm³/mol. The molecule has 1 fully saturated rings. The number of hydrogen-bond donors (Lipinski definition) is 2. The Bertz CT molecular complexity index is 873. The van der Waals surface area contributed by atoms with Gasteiger partial charge in [-0.25, -0.2) is 9.37 Å². The number of nitrogens with one attached hydrogen (secondary N) is 1. The van der Waals surface area contributed by atoms with Gasteiger partial charge in [-0.1, -0.05) is 43.2 Å². The van der Waals surface area contributed by atoms with Crippen molar-refractivity contribution < 1.29 is 4.39 Å². The fourth-order valence-electron chi connectivity index (χ4n) is 3.65. The summed E-state index contributed by atoms with van der Waals surface area (Å²) in [6, 6.07) is 15.2. The molecule has 2 atom stereocenters. The number of benzene rings is 2. The number of anilines is 1. The summed E-state index contributed by atoms with van der Waals surface area (Å²) in [5.74, 6) is 0.576. The molecule has 0 radical (unpaired) electrons. The summed E-state index contributed by atoms with van der Waals surface area (Å²) in [7, 11) is 0. The predicted octanol–water partition coefficient (Wildman–Crippen LogP) is 3.91. The van der Waals surface area contributed by atoms with Crippen LogP contribution in [0.5, 0.6) is 0 Å². The van der Waals surface area contributed by atoms with Crippen molar-refractivity contribution in [2.75, 3.05) is 5.32 Å². The first-order valence-corrected chi connectivity index (χ1v) is 8.93. The zero-order chi connectivity index (χ0) is 17.2. The van der Waals surface area contributed by atoms with Crippen LogP contribution < -0.4 is 11.1 Å². The molecule has 4 nitrogen and oxygen atoms in total. The van der Waals surface area contributed by atoms with E-state index in [1.807, 2.05) is 36.4 Å². The van der Waals surface area contributed by atoms with Gasteiger partial charge in [-0.05, 0) is 31.0 Å². The molecule has 1 aromatic heterocycles. The van der Waals surface area contributed by atoms with Gasteiger partial charge in [-0.15, -0.1) is 0 Å².